The van der Waals surface area contributed by atoms with Crippen molar-refractivity contribution < 1.29 is 14.3 Å². The zero-order valence-electron chi connectivity index (χ0n) is 8.92. The van der Waals surface area contributed by atoms with Crippen molar-refractivity contribution in [3.05, 3.63) is 18.3 Å². The molecule has 1 aliphatic heterocycles. The average molecular weight is 236 g/mol. The quantitative estimate of drug-likeness (QED) is 0.620. The van der Waals surface area contributed by atoms with E-state index >= 15 is 0 Å². The Balaban J connectivity index is 2.12. The van der Waals surface area contributed by atoms with Crippen LogP contribution in [0.1, 0.15) is 6.42 Å². The first kappa shape index (κ1) is 11.3. The van der Waals surface area contributed by atoms with Crippen molar-refractivity contribution in [2.24, 2.45) is 11.5 Å². The van der Waals surface area contributed by atoms with Crippen LogP contribution >= 0.6 is 0 Å². The summed E-state index contributed by atoms with van der Waals surface area (Å²) in [7, 11) is 0. The number of anilines is 1. The number of ether oxygens (including phenoxy) is 1. The molecule has 0 radical (unpaired) electrons. The Bertz CT molecular complexity index is 463. The van der Waals surface area contributed by atoms with Crippen LogP contribution in [0.2, 0.25) is 0 Å². The van der Waals surface area contributed by atoms with Gasteiger partial charge in [0.1, 0.15) is 0 Å². The van der Waals surface area contributed by atoms with Gasteiger partial charge in [0.25, 0.3) is 5.91 Å². The van der Waals surface area contributed by atoms with E-state index in [0.717, 1.165) is 0 Å². The van der Waals surface area contributed by atoms with Gasteiger partial charge < -0.3 is 21.5 Å². The number of primary amides is 1. The Morgan fingerprint density at radius 2 is 2.41 bits per heavy atom. The van der Waals surface area contributed by atoms with Crippen LogP contribution in [0.15, 0.2) is 18.3 Å². The number of aromatic nitrogens is 1. The van der Waals surface area contributed by atoms with Crippen molar-refractivity contribution in [2.75, 3.05) is 5.32 Å². The smallest absolute Gasteiger partial charge is 0.266 e. The molecule has 0 aromatic carbocycles. The van der Waals surface area contributed by atoms with Crippen LogP contribution in [-0.4, -0.2) is 28.9 Å². The van der Waals surface area contributed by atoms with Gasteiger partial charge in [-0.15, -0.1) is 0 Å². The molecule has 1 aromatic heterocycles. The minimum absolute atomic E-state index is 0.0372. The van der Waals surface area contributed by atoms with Crippen molar-refractivity contribution >= 4 is 17.6 Å². The summed E-state index contributed by atoms with van der Waals surface area (Å²) in [6, 6.07) is 2.44. The average Bonchev–Trinajstić information content (AvgIpc) is 2.29. The highest BCUT2D eigenvalue weighted by Crippen LogP contribution is 2.27. The summed E-state index contributed by atoms with van der Waals surface area (Å²) in [6.07, 6.45) is 0.752. The predicted molar refractivity (Wildman–Crippen MR) is 59.1 cm³/mol. The third-order valence-corrected chi connectivity index (χ3v) is 2.41. The number of nitrogens with two attached hydrogens (primary N) is 2. The lowest BCUT2D eigenvalue weighted by Gasteiger charge is -2.25. The van der Waals surface area contributed by atoms with E-state index < -0.39 is 18.1 Å². The van der Waals surface area contributed by atoms with Crippen molar-refractivity contribution in [1.82, 2.24) is 4.98 Å². The number of amides is 2. The number of nitrogens with one attached hydrogen (secondary N) is 1. The van der Waals surface area contributed by atoms with Crippen LogP contribution in [0.4, 0.5) is 5.82 Å². The Morgan fingerprint density at radius 1 is 1.65 bits per heavy atom. The zero-order chi connectivity index (χ0) is 12.4. The Morgan fingerprint density at radius 3 is 3.12 bits per heavy atom. The molecule has 7 nitrogen and oxygen atoms in total. The lowest BCUT2D eigenvalue weighted by Crippen LogP contribution is -2.46. The predicted octanol–water partition coefficient (Wildman–Crippen LogP) is -1.02. The normalized spacial score (nSPS) is 19.8. The second-order valence-electron chi connectivity index (χ2n) is 3.69. The molecule has 2 rings (SSSR count). The standard InChI is InChI=1S/C10H12N4O3/c11-5(8(12)15)4-7-10(16)14-9-6(17-7)2-1-3-13-9/h1-3,5,7H,4,11H2,(H2,12,15)(H,13,14,16)/t5-,7-/m0/s1. The van der Waals surface area contributed by atoms with Gasteiger partial charge in [0.2, 0.25) is 5.91 Å². The SMILES string of the molecule is NC(=O)[C@@H](N)C[C@@H]1Oc2cccnc2NC1=O. The van der Waals surface area contributed by atoms with Gasteiger partial charge in [-0.25, -0.2) is 4.98 Å². The van der Waals surface area contributed by atoms with Gasteiger partial charge in [-0.05, 0) is 12.1 Å². The van der Waals surface area contributed by atoms with Gasteiger partial charge in [-0.2, -0.15) is 0 Å². The van der Waals surface area contributed by atoms with Crippen LogP contribution in [0.25, 0.3) is 0 Å². The largest absolute Gasteiger partial charge is 0.477 e. The molecule has 0 fully saturated rings. The Kier molecular flexibility index (Phi) is 2.92. The van der Waals surface area contributed by atoms with Crippen LogP contribution in [0.5, 0.6) is 5.75 Å². The van der Waals surface area contributed by atoms with Gasteiger partial charge in [0, 0.05) is 12.6 Å². The number of nitrogens with zero attached hydrogens (tertiary/aromatic N) is 1. The molecule has 1 aromatic rings. The summed E-state index contributed by atoms with van der Waals surface area (Å²) in [6.45, 7) is 0. The number of hydrogen-bond acceptors (Lipinski definition) is 5. The molecule has 0 bridgehead atoms. The maximum Gasteiger partial charge on any atom is 0.266 e. The first-order valence-electron chi connectivity index (χ1n) is 5.05. The van der Waals surface area contributed by atoms with Crippen LogP contribution < -0.4 is 21.5 Å². The molecule has 90 valence electrons. The molecule has 7 heteroatoms. The molecule has 0 aliphatic carbocycles. The molecule has 2 atom stereocenters. The van der Waals surface area contributed by atoms with Crippen molar-refractivity contribution in [1.29, 1.82) is 0 Å². The van der Waals surface area contributed by atoms with E-state index in [2.05, 4.69) is 10.3 Å². The molecule has 0 saturated heterocycles. The second-order valence-corrected chi connectivity index (χ2v) is 3.69. The van der Waals surface area contributed by atoms with E-state index in [1.165, 1.54) is 6.20 Å². The highest BCUT2D eigenvalue weighted by Gasteiger charge is 2.30. The van der Waals surface area contributed by atoms with Gasteiger partial charge in [-0.3, -0.25) is 9.59 Å². The summed E-state index contributed by atoms with van der Waals surface area (Å²) in [5.74, 6) is -0.235. The molecular formula is C10H12N4O3. The van der Waals surface area contributed by atoms with Gasteiger partial charge in [0.15, 0.2) is 17.7 Å². The minimum Gasteiger partial charge on any atom is -0.477 e. The van der Waals surface area contributed by atoms with Gasteiger partial charge >= 0.3 is 0 Å². The topological polar surface area (TPSA) is 120 Å². The zero-order valence-corrected chi connectivity index (χ0v) is 8.92. The first-order chi connectivity index (χ1) is 8.08. The van der Waals surface area contributed by atoms with E-state index in [0.29, 0.717) is 11.6 Å². The molecule has 5 N–H and O–H groups in total. The number of pyridine rings is 1. The Hall–Kier alpha value is -2.15. The van der Waals surface area contributed by atoms with Crippen LogP contribution in [-0.2, 0) is 9.59 Å². The summed E-state index contributed by atoms with van der Waals surface area (Å²) in [5.41, 5.74) is 10.5. The minimum atomic E-state index is -0.913. The monoisotopic (exact) mass is 236 g/mol. The fourth-order valence-electron chi connectivity index (χ4n) is 1.49. The maximum absolute atomic E-state index is 11.6. The molecule has 1 aliphatic rings. The molecule has 0 saturated carbocycles. The third-order valence-electron chi connectivity index (χ3n) is 2.41. The summed E-state index contributed by atoms with van der Waals surface area (Å²) < 4.78 is 5.40. The fourth-order valence-corrected chi connectivity index (χ4v) is 1.49. The number of hydrogen-bond donors (Lipinski definition) is 3. The summed E-state index contributed by atoms with van der Waals surface area (Å²) in [4.78, 5) is 26.4. The molecular weight excluding hydrogens is 224 g/mol. The second kappa shape index (κ2) is 4.38. The molecule has 0 unspecified atom stereocenters. The number of fused-ring (bicyclic) bond motifs is 1. The number of rotatable bonds is 3. The molecule has 0 spiro atoms. The highest BCUT2D eigenvalue weighted by atomic mass is 16.5. The Labute approximate surface area is 97.1 Å². The fraction of sp³-hybridized carbons (Fsp3) is 0.300. The maximum atomic E-state index is 11.6. The molecule has 2 amide bonds. The van der Waals surface area contributed by atoms with E-state index in [4.69, 9.17) is 16.2 Å². The lowest BCUT2D eigenvalue weighted by atomic mass is 10.1. The highest BCUT2D eigenvalue weighted by molar-refractivity contribution is 5.97. The summed E-state index contributed by atoms with van der Waals surface area (Å²) >= 11 is 0. The van der Waals surface area contributed by atoms with Crippen LogP contribution in [0.3, 0.4) is 0 Å². The number of carbonyl (C=O) groups excluding carboxylic acids is 2. The first-order valence-corrected chi connectivity index (χ1v) is 5.05. The third kappa shape index (κ3) is 2.34. The van der Waals surface area contributed by atoms with E-state index in [9.17, 15) is 9.59 Å². The van der Waals surface area contributed by atoms with Gasteiger partial charge in [0.05, 0.1) is 6.04 Å². The van der Waals surface area contributed by atoms with E-state index in [-0.39, 0.29) is 12.3 Å². The lowest BCUT2D eigenvalue weighted by molar-refractivity contribution is -0.125. The van der Waals surface area contributed by atoms with Crippen molar-refractivity contribution in [3.8, 4) is 5.75 Å². The molecule has 2 heterocycles. The number of carbonyl (C=O) groups is 2. The van der Waals surface area contributed by atoms with Crippen molar-refractivity contribution in [3.63, 3.8) is 0 Å². The summed E-state index contributed by atoms with van der Waals surface area (Å²) in [5, 5.41) is 2.57. The van der Waals surface area contributed by atoms with Gasteiger partial charge in [-0.1, -0.05) is 0 Å². The van der Waals surface area contributed by atoms with E-state index in [1.807, 2.05) is 0 Å². The van der Waals surface area contributed by atoms with Crippen LogP contribution in [0, 0.1) is 0 Å². The van der Waals surface area contributed by atoms with E-state index in [1.54, 1.807) is 12.1 Å². The van der Waals surface area contributed by atoms with Crippen molar-refractivity contribution in [2.45, 2.75) is 18.6 Å². The molecule has 17 heavy (non-hydrogen) atoms.